The second kappa shape index (κ2) is 3.02. The molecule has 0 radical (unpaired) electrons. The molecule has 4 heteroatoms. The average Bonchev–Trinajstić information content (AvgIpc) is 2.84. The molecule has 3 amide bonds. The van der Waals surface area contributed by atoms with Crippen LogP contribution in [0, 0.1) is 0 Å². The molecule has 1 atom stereocenters. The van der Waals surface area contributed by atoms with Crippen molar-refractivity contribution in [3.05, 3.63) is 41.0 Å². The van der Waals surface area contributed by atoms with Crippen molar-refractivity contribution in [2.45, 2.75) is 24.8 Å². The van der Waals surface area contributed by atoms with E-state index in [0.717, 1.165) is 12.8 Å². The summed E-state index contributed by atoms with van der Waals surface area (Å²) in [7, 11) is 0. The van der Waals surface area contributed by atoms with E-state index >= 15 is 0 Å². The lowest BCUT2D eigenvalue weighted by Gasteiger charge is -2.29. The number of nitrogens with one attached hydrogen (secondary N) is 2. The number of imide groups is 1. The second-order valence-electron chi connectivity index (χ2n) is 5.18. The van der Waals surface area contributed by atoms with Gasteiger partial charge in [-0.15, -0.1) is 0 Å². The molecule has 1 fully saturated rings. The van der Waals surface area contributed by atoms with Crippen LogP contribution >= 0.6 is 0 Å². The van der Waals surface area contributed by atoms with E-state index in [2.05, 4.69) is 22.8 Å². The van der Waals surface area contributed by atoms with Crippen molar-refractivity contribution in [3.63, 3.8) is 0 Å². The lowest BCUT2D eigenvalue weighted by Crippen LogP contribution is -2.48. The summed E-state index contributed by atoms with van der Waals surface area (Å²) in [6, 6.07) is 5.83. The first-order valence-corrected chi connectivity index (χ1v) is 6.14. The van der Waals surface area contributed by atoms with Crippen LogP contribution in [0.3, 0.4) is 0 Å². The number of aryl methyl sites for hydroxylation is 1. The molecule has 0 aromatic heterocycles. The minimum Gasteiger partial charge on any atom is -0.320 e. The maximum atomic E-state index is 12.0. The predicted octanol–water partition coefficient (Wildman–Crippen LogP) is 1.15. The summed E-state index contributed by atoms with van der Waals surface area (Å²) in [5.74, 6) is -0.233. The summed E-state index contributed by atoms with van der Waals surface area (Å²) in [5.41, 5.74) is 4.17. The molecule has 1 saturated heterocycles. The van der Waals surface area contributed by atoms with E-state index in [-0.39, 0.29) is 5.91 Å². The van der Waals surface area contributed by atoms with Gasteiger partial charge in [-0.1, -0.05) is 18.2 Å². The maximum absolute atomic E-state index is 12.0. The third-order valence-corrected chi connectivity index (χ3v) is 4.08. The molecular weight excluding hydrogens is 228 g/mol. The predicted molar refractivity (Wildman–Crippen MR) is 65.8 cm³/mol. The van der Waals surface area contributed by atoms with E-state index in [1.54, 1.807) is 0 Å². The lowest BCUT2D eigenvalue weighted by molar-refractivity contribution is -0.122. The van der Waals surface area contributed by atoms with E-state index in [0.29, 0.717) is 6.42 Å². The van der Waals surface area contributed by atoms with Gasteiger partial charge in [0.15, 0.2) is 0 Å². The van der Waals surface area contributed by atoms with E-state index < -0.39 is 11.6 Å². The van der Waals surface area contributed by atoms with Crippen molar-refractivity contribution < 1.29 is 9.59 Å². The summed E-state index contributed by atoms with van der Waals surface area (Å²) in [6.07, 6.45) is 4.49. The van der Waals surface area contributed by atoms with Gasteiger partial charge in [0.05, 0.1) is 0 Å². The first-order valence-electron chi connectivity index (χ1n) is 6.14. The molecule has 1 spiro atoms. The highest BCUT2D eigenvalue weighted by Crippen LogP contribution is 2.41. The highest BCUT2D eigenvalue weighted by molar-refractivity contribution is 6.10. The quantitative estimate of drug-likeness (QED) is 0.668. The minimum absolute atomic E-state index is 0.233. The molecule has 4 rings (SSSR count). The Morgan fingerprint density at radius 3 is 2.72 bits per heavy atom. The third kappa shape index (κ3) is 1.10. The van der Waals surface area contributed by atoms with Gasteiger partial charge in [0.1, 0.15) is 5.54 Å². The molecule has 90 valence electrons. The molecular formula is C14H12N2O2. The van der Waals surface area contributed by atoms with Gasteiger partial charge in [-0.3, -0.25) is 10.1 Å². The average molecular weight is 240 g/mol. The van der Waals surface area contributed by atoms with E-state index in [1.165, 1.54) is 22.3 Å². The Morgan fingerprint density at radius 2 is 1.94 bits per heavy atom. The normalized spacial score (nSPS) is 27.9. The smallest absolute Gasteiger partial charge is 0.320 e. The summed E-state index contributed by atoms with van der Waals surface area (Å²) in [5, 5.41) is 5.11. The molecule has 0 saturated carbocycles. The monoisotopic (exact) mass is 240 g/mol. The fourth-order valence-corrected chi connectivity index (χ4v) is 3.34. The summed E-state index contributed by atoms with van der Waals surface area (Å²) < 4.78 is 0. The Balaban J connectivity index is 1.92. The fraction of sp³-hybridized carbons (Fsp3) is 0.286. The zero-order chi connectivity index (χ0) is 12.3. The Morgan fingerprint density at radius 1 is 1.11 bits per heavy atom. The molecule has 3 aliphatic rings. The lowest BCUT2D eigenvalue weighted by atomic mass is 9.80. The van der Waals surface area contributed by atoms with Gasteiger partial charge in [-0.25, -0.2) is 4.79 Å². The highest BCUT2D eigenvalue weighted by Gasteiger charge is 2.47. The Bertz CT molecular complexity index is 633. The number of allylic oxidation sites excluding steroid dienone is 1. The summed E-state index contributed by atoms with van der Waals surface area (Å²) in [6.45, 7) is 0. The first-order chi connectivity index (χ1) is 8.68. The number of carbonyl (C=O) groups excluding carboxylic acids is 2. The fourth-order valence-electron chi connectivity index (χ4n) is 3.34. The van der Waals surface area contributed by atoms with Crippen molar-refractivity contribution >= 4 is 17.5 Å². The second-order valence-corrected chi connectivity index (χ2v) is 5.18. The summed E-state index contributed by atoms with van der Waals surface area (Å²) in [4.78, 5) is 23.4. The number of hydrogen-bond donors (Lipinski definition) is 2. The minimum atomic E-state index is -0.859. The van der Waals surface area contributed by atoms with Crippen LogP contribution < -0.4 is 10.6 Å². The van der Waals surface area contributed by atoms with Crippen LogP contribution in [0.1, 0.15) is 23.1 Å². The Labute approximate surface area is 104 Å². The molecule has 1 heterocycles. The van der Waals surface area contributed by atoms with Crippen molar-refractivity contribution in [3.8, 4) is 0 Å². The SMILES string of the molecule is O=C1NC(=O)C2(C=C3CCc4cccc(c43)C2)N1. The van der Waals surface area contributed by atoms with Gasteiger partial charge < -0.3 is 5.32 Å². The zero-order valence-electron chi connectivity index (χ0n) is 9.75. The van der Waals surface area contributed by atoms with Gasteiger partial charge >= 0.3 is 6.03 Å². The van der Waals surface area contributed by atoms with Crippen molar-refractivity contribution in [2.75, 3.05) is 0 Å². The van der Waals surface area contributed by atoms with Crippen LogP contribution in [0.15, 0.2) is 24.3 Å². The van der Waals surface area contributed by atoms with Crippen LogP contribution in [0.5, 0.6) is 0 Å². The zero-order valence-corrected chi connectivity index (χ0v) is 9.75. The molecule has 18 heavy (non-hydrogen) atoms. The van der Waals surface area contributed by atoms with Crippen LogP contribution in [0.25, 0.3) is 5.57 Å². The van der Waals surface area contributed by atoms with Crippen LogP contribution in [-0.2, 0) is 17.6 Å². The van der Waals surface area contributed by atoms with Crippen molar-refractivity contribution in [2.24, 2.45) is 0 Å². The molecule has 0 bridgehead atoms. The maximum Gasteiger partial charge on any atom is 0.322 e. The number of hydrogen-bond acceptors (Lipinski definition) is 2. The van der Waals surface area contributed by atoms with Crippen molar-refractivity contribution in [1.82, 2.24) is 10.6 Å². The Kier molecular flexibility index (Phi) is 1.66. The molecule has 1 aromatic rings. The van der Waals surface area contributed by atoms with Gasteiger partial charge in [0.25, 0.3) is 5.91 Å². The summed E-state index contributed by atoms with van der Waals surface area (Å²) >= 11 is 0. The number of amides is 3. The first kappa shape index (κ1) is 9.88. The van der Waals surface area contributed by atoms with Gasteiger partial charge in [0.2, 0.25) is 0 Å². The highest BCUT2D eigenvalue weighted by atomic mass is 16.2. The van der Waals surface area contributed by atoms with Gasteiger partial charge in [-0.2, -0.15) is 0 Å². The van der Waals surface area contributed by atoms with E-state index in [4.69, 9.17) is 0 Å². The number of urea groups is 1. The molecule has 1 aliphatic heterocycles. The number of benzene rings is 1. The van der Waals surface area contributed by atoms with E-state index in [1.807, 2.05) is 12.1 Å². The molecule has 2 N–H and O–H groups in total. The number of carbonyl (C=O) groups is 2. The Hall–Kier alpha value is -2.10. The third-order valence-electron chi connectivity index (χ3n) is 4.08. The van der Waals surface area contributed by atoms with E-state index in [9.17, 15) is 9.59 Å². The molecule has 4 nitrogen and oxygen atoms in total. The van der Waals surface area contributed by atoms with Crippen LogP contribution in [-0.4, -0.2) is 17.5 Å². The van der Waals surface area contributed by atoms with Crippen molar-refractivity contribution in [1.29, 1.82) is 0 Å². The number of rotatable bonds is 0. The molecule has 1 unspecified atom stereocenters. The topological polar surface area (TPSA) is 58.2 Å². The largest absolute Gasteiger partial charge is 0.322 e. The van der Waals surface area contributed by atoms with Crippen LogP contribution in [0.4, 0.5) is 4.79 Å². The molecule has 2 aliphatic carbocycles. The van der Waals surface area contributed by atoms with Gasteiger partial charge in [-0.05, 0) is 41.2 Å². The van der Waals surface area contributed by atoms with Crippen LogP contribution in [0.2, 0.25) is 0 Å². The standard InChI is InChI=1S/C14H12N2O2/c17-12-14(16-13(18)15-12)6-9-3-1-2-8-4-5-10(7-14)11(8)9/h1-3,7H,4-6H2,(H2,15,16,17,18). The molecule has 1 aromatic carbocycles. The van der Waals surface area contributed by atoms with Gasteiger partial charge in [0, 0.05) is 6.42 Å².